The molecule has 1 aromatic rings. The number of hydrogen-bond donors (Lipinski definition) is 1. The van der Waals surface area contributed by atoms with Crippen LogP contribution in [0.4, 0.5) is 8.78 Å². The van der Waals surface area contributed by atoms with E-state index in [9.17, 15) is 8.78 Å². The third kappa shape index (κ3) is 1.63. The molecule has 0 N–H and O–H groups in total. The maximum absolute atomic E-state index is 12.6. The zero-order valence-corrected chi connectivity index (χ0v) is 6.66. The Morgan fingerprint density at radius 3 is 2.09 bits per heavy atom. The number of benzene rings is 1. The first kappa shape index (κ1) is 8.33. The van der Waals surface area contributed by atoms with Crippen molar-refractivity contribution in [2.75, 3.05) is 7.11 Å². The van der Waals surface area contributed by atoms with E-state index < -0.39 is 11.6 Å². The molecule has 0 aromatic heterocycles. The topological polar surface area (TPSA) is 9.23 Å². The third-order valence-electron chi connectivity index (χ3n) is 1.23. The second-order valence-corrected chi connectivity index (χ2v) is 2.39. The van der Waals surface area contributed by atoms with Gasteiger partial charge in [-0.15, -0.1) is 12.6 Å². The molecule has 1 aromatic carbocycles. The molecule has 4 heteroatoms. The molecule has 0 fully saturated rings. The molecule has 1 nitrogen and oxygen atoms in total. The summed E-state index contributed by atoms with van der Waals surface area (Å²) in [7, 11) is 1.34. The minimum atomic E-state index is -0.717. The van der Waals surface area contributed by atoms with E-state index in [2.05, 4.69) is 17.4 Å². The fourth-order valence-corrected chi connectivity index (χ4v) is 0.789. The highest BCUT2D eigenvalue weighted by Gasteiger charge is 2.06. The van der Waals surface area contributed by atoms with Gasteiger partial charge in [-0.2, -0.15) is 0 Å². The monoisotopic (exact) mass is 176 g/mol. The van der Waals surface area contributed by atoms with Gasteiger partial charge in [0.05, 0.1) is 12.0 Å². The standard InChI is InChI=1S/C7H6F2OS/c1-10-4-2-5(8)7(11)6(9)3-4/h2-3,11H,1H3. The number of hydrogen-bond acceptors (Lipinski definition) is 2. The Labute approximate surface area is 68.4 Å². The molecule has 0 radical (unpaired) electrons. The maximum Gasteiger partial charge on any atom is 0.143 e. The van der Waals surface area contributed by atoms with E-state index in [1.807, 2.05) is 0 Å². The number of thiol groups is 1. The van der Waals surface area contributed by atoms with Gasteiger partial charge in [-0.3, -0.25) is 0 Å². The Morgan fingerprint density at radius 2 is 1.73 bits per heavy atom. The molecule has 60 valence electrons. The predicted molar refractivity (Wildman–Crippen MR) is 40.2 cm³/mol. The summed E-state index contributed by atoms with van der Waals surface area (Å²) in [4.78, 5) is -0.286. The lowest BCUT2D eigenvalue weighted by atomic mass is 10.3. The predicted octanol–water partition coefficient (Wildman–Crippen LogP) is 2.26. The molecule has 0 unspecified atom stereocenters. The molecule has 0 heterocycles. The van der Waals surface area contributed by atoms with Crippen LogP contribution in [0.2, 0.25) is 0 Å². The lowest BCUT2D eigenvalue weighted by Gasteiger charge is -2.01. The van der Waals surface area contributed by atoms with E-state index in [4.69, 9.17) is 0 Å². The number of rotatable bonds is 1. The molecule has 0 aliphatic heterocycles. The van der Waals surface area contributed by atoms with E-state index >= 15 is 0 Å². The molecule has 0 saturated carbocycles. The Kier molecular flexibility index (Phi) is 2.34. The summed E-state index contributed by atoms with van der Waals surface area (Å²) in [5.41, 5.74) is 0. The Morgan fingerprint density at radius 1 is 1.27 bits per heavy atom. The lowest BCUT2D eigenvalue weighted by molar-refractivity contribution is 0.403. The first-order valence-corrected chi connectivity index (χ1v) is 3.32. The third-order valence-corrected chi connectivity index (χ3v) is 1.65. The van der Waals surface area contributed by atoms with Gasteiger partial charge in [-0.1, -0.05) is 0 Å². The van der Waals surface area contributed by atoms with Crippen molar-refractivity contribution in [1.82, 2.24) is 0 Å². The van der Waals surface area contributed by atoms with Gasteiger partial charge in [0.2, 0.25) is 0 Å². The van der Waals surface area contributed by atoms with Gasteiger partial charge in [-0.25, -0.2) is 8.78 Å². The fraction of sp³-hybridized carbons (Fsp3) is 0.143. The van der Waals surface area contributed by atoms with E-state index in [1.54, 1.807) is 0 Å². The highest BCUT2D eigenvalue weighted by molar-refractivity contribution is 7.80. The van der Waals surface area contributed by atoms with Crippen molar-refractivity contribution in [2.45, 2.75) is 4.90 Å². The Hall–Kier alpha value is -0.770. The van der Waals surface area contributed by atoms with Crippen molar-refractivity contribution in [3.8, 4) is 5.75 Å². The van der Waals surface area contributed by atoms with Crippen LogP contribution in [-0.4, -0.2) is 7.11 Å². The molecular weight excluding hydrogens is 170 g/mol. The van der Waals surface area contributed by atoms with Crippen LogP contribution in [0.5, 0.6) is 5.75 Å². The van der Waals surface area contributed by atoms with Crippen molar-refractivity contribution < 1.29 is 13.5 Å². The summed E-state index contributed by atoms with van der Waals surface area (Å²) in [6, 6.07) is 2.15. The zero-order valence-electron chi connectivity index (χ0n) is 5.77. The minimum absolute atomic E-state index is 0.151. The molecule has 0 atom stereocenters. The van der Waals surface area contributed by atoms with Crippen molar-refractivity contribution in [1.29, 1.82) is 0 Å². The average Bonchev–Trinajstić information content (AvgIpc) is 1.99. The van der Waals surface area contributed by atoms with E-state index in [-0.39, 0.29) is 10.6 Å². The Bertz CT molecular complexity index is 252. The fourth-order valence-electron chi connectivity index (χ4n) is 0.660. The van der Waals surface area contributed by atoms with Crippen LogP contribution in [0.1, 0.15) is 0 Å². The van der Waals surface area contributed by atoms with Crippen molar-refractivity contribution >= 4 is 12.6 Å². The van der Waals surface area contributed by atoms with E-state index in [1.165, 1.54) is 7.11 Å². The average molecular weight is 176 g/mol. The Balaban J connectivity index is 3.21. The molecular formula is C7H6F2OS. The normalized spacial score (nSPS) is 9.82. The van der Waals surface area contributed by atoms with Gasteiger partial charge in [-0.05, 0) is 0 Å². The van der Waals surface area contributed by atoms with Crippen LogP contribution >= 0.6 is 12.6 Å². The number of ether oxygens (including phenoxy) is 1. The first-order valence-electron chi connectivity index (χ1n) is 2.87. The molecule has 0 amide bonds. The summed E-state index contributed by atoms with van der Waals surface area (Å²) in [5.74, 6) is -1.28. The quantitative estimate of drug-likeness (QED) is 0.646. The molecule has 0 aliphatic rings. The van der Waals surface area contributed by atoms with E-state index in [0.717, 1.165) is 12.1 Å². The lowest BCUT2D eigenvalue weighted by Crippen LogP contribution is -1.89. The smallest absolute Gasteiger partial charge is 0.143 e. The van der Waals surface area contributed by atoms with Crippen LogP contribution in [0.25, 0.3) is 0 Å². The highest BCUT2D eigenvalue weighted by atomic mass is 32.1. The number of methoxy groups -OCH3 is 1. The second-order valence-electron chi connectivity index (χ2n) is 1.94. The highest BCUT2D eigenvalue weighted by Crippen LogP contribution is 2.22. The van der Waals surface area contributed by atoms with Crippen LogP contribution in [0, 0.1) is 11.6 Å². The summed E-state index contributed by atoms with van der Waals surface area (Å²) in [6.07, 6.45) is 0. The van der Waals surface area contributed by atoms with Crippen LogP contribution < -0.4 is 4.74 Å². The molecule has 0 spiro atoms. The van der Waals surface area contributed by atoms with Crippen molar-refractivity contribution in [3.05, 3.63) is 23.8 Å². The minimum Gasteiger partial charge on any atom is -0.497 e. The molecule has 0 aliphatic carbocycles. The summed E-state index contributed by atoms with van der Waals surface area (Å²) in [6.45, 7) is 0. The van der Waals surface area contributed by atoms with Crippen LogP contribution in [-0.2, 0) is 0 Å². The molecule has 0 bridgehead atoms. The van der Waals surface area contributed by atoms with Gasteiger partial charge in [0.15, 0.2) is 0 Å². The van der Waals surface area contributed by atoms with Crippen LogP contribution in [0.3, 0.4) is 0 Å². The summed E-state index contributed by atoms with van der Waals surface area (Å²) in [5, 5.41) is 0. The maximum atomic E-state index is 12.6. The largest absolute Gasteiger partial charge is 0.497 e. The number of halogens is 2. The SMILES string of the molecule is COc1cc(F)c(S)c(F)c1. The van der Waals surface area contributed by atoms with Gasteiger partial charge in [0.25, 0.3) is 0 Å². The van der Waals surface area contributed by atoms with Gasteiger partial charge in [0, 0.05) is 12.1 Å². The first-order chi connectivity index (χ1) is 5.15. The van der Waals surface area contributed by atoms with Crippen molar-refractivity contribution in [3.63, 3.8) is 0 Å². The molecule has 11 heavy (non-hydrogen) atoms. The van der Waals surface area contributed by atoms with Gasteiger partial charge >= 0.3 is 0 Å². The summed E-state index contributed by atoms with van der Waals surface area (Å²) < 4.78 is 29.9. The van der Waals surface area contributed by atoms with Crippen LogP contribution in [0.15, 0.2) is 17.0 Å². The second kappa shape index (κ2) is 3.09. The molecule has 1 rings (SSSR count). The van der Waals surface area contributed by atoms with Gasteiger partial charge < -0.3 is 4.74 Å². The van der Waals surface area contributed by atoms with Crippen molar-refractivity contribution in [2.24, 2.45) is 0 Å². The van der Waals surface area contributed by atoms with Gasteiger partial charge in [0.1, 0.15) is 17.4 Å². The van der Waals surface area contributed by atoms with E-state index in [0.29, 0.717) is 0 Å². The molecule has 0 saturated heterocycles. The summed E-state index contributed by atoms with van der Waals surface area (Å²) >= 11 is 3.59. The zero-order chi connectivity index (χ0) is 8.43.